The molecule has 0 aliphatic heterocycles. The molecule has 0 aliphatic carbocycles. The zero-order valence-corrected chi connectivity index (χ0v) is 15.1. The Kier molecular flexibility index (Phi) is 6.12. The molecule has 0 saturated heterocycles. The third-order valence-electron chi connectivity index (χ3n) is 2.71. The maximum absolute atomic E-state index is 12.1. The van der Waals surface area contributed by atoms with Gasteiger partial charge in [-0.15, -0.1) is 11.6 Å². The molecule has 0 atom stereocenters. The summed E-state index contributed by atoms with van der Waals surface area (Å²) in [7, 11) is 0. The molecule has 0 spiro atoms. The lowest BCUT2D eigenvalue weighted by molar-refractivity contribution is 0.0735. The van der Waals surface area contributed by atoms with Gasteiger partial charge in [0, 0.05) is 5.88 Å². The summed E-state index contributed by atoms with van der Waals surface area (Å²) in [5, 5.41) is -0.278. The van der Waals surface area contributed by atoms with Crippen LogP contribution in [0.25, 0.3) is 0 Å². The first kappa shape index (κ1) is 18.0. The molecule has 0 aromatic heterocycles. The molecule has 0 heterocycles. The summed E-state index contributed by atoms with van der Waals surface area (Å²) in [5.74, 6) is -0.469. The lowest BCUT2D eigenvalue weighted by Crippen LogP contribution is -2.09. The molecule has 0 radical (unpaired) electrons. The Morgan fingerprint density at radius 1 is 0.818 bits per heavy atom. The average molecular weight is 419 g/mol. The van der Waals surface area contributed by atoms with Gasteiger partial charge in [0.2, 0.25) is 0 Å². The molecule has 0 aliphatic rings. The van der Waals surface area contributed by atoms with Crippen LogP contribution in [-0.4, -0.2) is 5.97 Å². The van der Waals surface area contributed by atoms with E-state index in [0.717, 1.165) is 5.56 Å². The standard InChI is InChI=1S/C14H6Cl6O2/c15-5-6-1-3-7(4-2-6)14(21)22-13-11(19)9(17)8(16)10(18)12(13)20/h1-4H,5H2. The number of rotatable bonds is 3. The van der Waals surface area contributed by atoms with Crippen molar-refractivity contribution in [2.75, 3.05) is 0 Å². The summed E-state index contributed by atoms with van der Waals surface area (Å²) >= 11 is 35.4. The summed E-state index contributed by atoms with van der Waals surface area (Å²) < 4.78 is 5.19. The van der Waals surface area contributed by atoms with Gasteiger partial charge in [-0.25, -0.2) is 4.79 Å². The minimum Gasteiger partial charge on any atom is -0.420 e. The molecule has 0 bridgehead atoms. The Morgan fingerprint density at radius 3 is 1.73 bits per heavy atom. The van der Waals surface area contributed by atoms with E-state index >= 15 is 0 Å². The second-order valence-electron chi connectivity index (χ2n) is 4.12. The smallest absolute Gasteiger partial charge is 0.343 e. The highest BCUT2D eigenvalue weighted by Crippen LogP contribution is 2.48. The Bertz CT molecular complexity index is 698. The monoisotopic (exact) mass is 416 g/mol. The molecule has 22 heavy (non-hydrogen) atoms. The van der Waals surface area contributed by atoms with Crippen LogP contribution in [0.2, 0.25) is 25.1 Å². The van der Waals surface area contributed by atoms with Gasteiger partial charge in [-0.05, 0) is 17.7 Å². The fourth-order valence-electron chi connectivity index (χ4n) is 1.56. The molecule has 2 rings (SSSR count). The minimum atomic E-state index is -0.667. The molecule has 0 amide bonds. The zero-order valence-electron chi connectivity index (χ0n) is 10.6. The van der Waals surface area contributed by atoms with Gasteiger partial charge >= 0.3 is 5.97 Å². The molecule has 8 heteroatoms. The predicted octanol–water partition coefficient (Wildman–Crippen LogP) is 6.91. The molecule has 2 aromatic rings. The van der Waals surface area contributed by atoms with Gasteiger partial charge in [-0.3, -0.25) is 0 Å². The van der Waals surface area contributed by atoms with Crippen molar-refractivity contribution in [1.29, 1.82) is 0 Å². The fourth-order valence-corrected chi connectivity index (χ4v) is 2.93. The molecule has 0 unspecified atom stereocenters. The Labute approximate surface area is 156 Å². The highest BCUT2D eigenvalue weighted by Gasteiger charge is 2.23. The van der Waals surface area contributed by atoms with Gasteiger partial charge in [-0.2, -0.15) is 0 Å². The first-order valence-electron chi connectivity index (χ1n) is 5.75. The molecule has 2 nitrogen and oxygen atoms in total. The van der Waals surface area contributed by atoms with E-state index in [1.807, 2.05) is 0 Å². The van der Waals surface area contributed by atoms with Gasteiger partial charge < -0.3 is 4.74 Å². The minimum absolute atomic E-state index is 0.00963. The second kappa shape index (κ2) is 7.48. The van der Waals surface area contributed by atoms with Crippen LogP contribution in [-0.2, 0) is 5.88 Å². The quantitative estimate of drug-likeness (QED) is 0.178. The number of carbonyl (C=O) groups is 1. The van der Waals surface area contributed by atoms with E-state index in [-0.39, 0.29) is 30.9 Å². The van der Waals surface area contributed by atoms with E-state index in [4.69, 9.17) is 74.3 Å². The number of halogens is 6. The summed E-state index contributed by atoms with van der Waals surface area (Å²) in [5.41, 5.74) is 1.16. The SMILES string of the molecule is O=C(Oc1c(Cl)c(Cl)c(Cl)c(Cl)c1Cl)c1ccc(CCl)cc1. The molecule has 2 aromatic carbocycles. The number of ether oxygens (including phenoxy) is 1. The third-order valence-corrected chi connectivity index (χ3v) is 5.26. The number of benzene rings is 2. The zero-order chi connectivity index (χ0) is 16.4. The van der Waals surface area contributed by atoms with E-state index < -0.39 is 5.97 Å². The van der Waals surface area contributed by atoms with Crippen LogP contribution in [0.5, 0.6) is 5.75 Å². The van der Waals surface area contributed by atoms with Crippen LogP contribution in [0.4, 0.5) is 0 Å². The van der Waals surface area contributed by atoms with Crippen molar-refractivity contribution in [3.63, 3.8) is 0 Å². The van der Waals surface area contributed by atoms with Gasteiger partial charge in [0.15, 0.2) is 5.75 Å². The second-order valence-corrected chi connectivity index (χ2v) is 6.28. The van der Waals surface area contributed by atoms with Crippen LogP contribution >= 0.6 is 69.6 Å². The normalized spacial score (nSPS) is 10.6. The fraction of sp³-hybridized carbons (Fsp3) is 0.0714. The van der Waals surface area contributed by atoms with Crippen molar-refractivity contribution in [3.05, 3.63) is 60.5 Å². The molecular weight excluding hydrogens is 413 g/mol. The molecule has 0 N–H and O–H groups in total. The van der Waals surface area contributed by atoms with E-state index in [0.29, 0.717) is 11.4 Å². The van der Waals surface area contributed by atoms with Crippen LogP contribution in [0.1, 0.15) is 15.9 Å². The van der Waals surface area contributed by atoms with Crippen molar-refractivity contribution in [2.45, 2.75) is 5.88 Å². The molecule has 0 fully saturated rings. The number of hydrogen-bond acceptors (Lipinski definition) is 2. The largest absolute Gasteiger partial charge is 0.420 e. The van der Waals surface area contributed by atoms with E-state index in [1.54, 1.807) is 24.3 Å². The average Bonchev–Trinajstić information content (AvgIpc) is 2.55. The third kappa shape index (κ3) is 3.59. The van der Waals surface area contributed by atoms with E-state index in [1.165, 1.54) is 0 Å². The lowest BCUT2D eigenvalue weighted by Gasteiger charge is -2.12. The maximum Gasteiger partial charge on any atom is 0.343 e. The number of esters is 1. The summed E-state index contributed by atoms with van der Waals surface area (Å²) in [6.07, 6.45) is 0. The van der Waals surface area contributed by atoms with E-state index in [2.05, 4.69) is 0 Å². The summed E-state index contributed by atoms with van der Waals surface area (Å²) in [4.78, 5) is 12.1. The molecule has 0 saturated carbocycles. The van der Waals surface area contributed by atoms with Crippen molar-refractivity contribution in [3.8, 4) is 5.75 Å². The van der Waals surface area contributed by atoms with Crippen LogP contribution < -0.4 is 4.74 Å². The van der Waals surface area contributed by atoms with Crippen LogP contribution in [0, 0.1) is 0 Å². The summed E-state index contributed by atoms with van der Waals surface area (Å²) in [6, 6.07) is 6.55. The Balaban J connectivity index is 2.36. The lowest BCUT2D eigenvalue weighted by atomic mass is 10.1. The highest BCUT2D eigenvalue weighted by molar-refractivity contribution is 6.55. The van der Waals surface area contributed by atoms with Gasteiger partial charge in [0.1, 0.15) is 10.0 Å². The van der Waals surface area contributed by atoms with Gasteiger partial charge in [0.05, 0.1) is 20.6 Å². The maximum atomic E-state index is 12.1. The van der Waals surface area contributed by atoms with Crippen LogP contribution in [0.3, 0.4) is 0 Å². The molecule has 116 valence electrons. The highest BCUT2D eigenvalue weighted by atomic mass is 35.5. The Hall–Kier alpha value is -0.350. The van der Waals surface area contributed by atoms with Gasteiger partial charge in [-0.1, -0.05) is 70.1 Å². The molecular formula is C14H6Cl6O2. The van der Waals surface area contributed by atoms with Crippen LogP contribution in [0.15, 0.2) is 24.3 Å². The van der Waals surface area contributed by atoms with E-state index in [9.17, 15) is 4.79 Å². The summed E-state index contributed by atoms with van der Waals surface area (Å²) in [6.45, 7) is 0. The first-order chi connectivity index (χ1) is 10.4. The number of carbonyl (C=O) groups excluding carboxylic acids is 1. The number of alkyl halides is 1. The number of hydrogen-bond donors (Lipinski definition) is 0. The van der Waals surface area contributed by atoms with Gasteiger partial charge in [0.25, 0.3) is 0 Å². The first-order valence-corrected chi connectivity index (χ1v) is 8.17. The van der Waals surface area contributed by atoms with Crippen molar-refractivity contribution in [2.24, 2.45) is 0 Å². The Morgan fingerprint density at radius 2 is 1.27 bits per heavy atom. The topological polar surface area (TPSA) is 26.3 Å². The van der Waals surface area contributed by atoms with Crippen molar-refractivity contribution < 1.29 is 9.53 Å². The predicted molar refractivity (Wildman–Crippen MR) is 92.4 cm³/mol. The van der Waals surface area contributed by atoms with Crippen molar-refractivity contribution >= 4 is 75.6 Å². The van der Waals surface area contributed by atoms with Crippen molar-refractivity contribution in [1.82, 2.24) is 0 Å².